The molecule has 1 amide bonds. The minimum absolute atomic E-state index is 0.0722. The molecule has 0 aromatic carbocycles. The van der Waals surface area contributed by atoms with E-state index in [-0.39, 0.29) is 18.4 Å². The fraction of sp³-hybridized carbons (Fsp3) is 0.909. The van der Waals surface area contributed by atoms with Crippen LogP contribution in [-0.4, -0.2) is 37.7 Å². The molecule has 2 atom stereocenters. The van der Waals surface area contributed by atoms with E-state index in [9.17, 15) is 4.79 Å². The second-order valence-corrected chi connectivity index (χ2v) is 3.87. The van der Waals surface area contributed by atoms with Gasteiger partial charge in [-0.15, -0.1) is 0 Å². The molecule has 2 unspecified atom stereocenters. The topological polar surface area (TPSA) is 56.8 Å². The standard InChI is InChI=1S/C11H23NO4/c1-6-14-10(5)15-7-9(4)16-11(13)12-8(2)3/h8-10H,6-7H2,1-5H3,(H,12,13). The summed E-state index contributed by atoms with van der Waals surface area (Å²) in [5.41, 5.74) is 0. The van der Waals surface area contributed by atoms with Crippen LogP contribution in [0.2, 0.25) is 0 Å². The van der Waals surface area contributed by atoms with E-state index in [0.29, 0.717) is 13.2 Å². The van der Waals surface area contributed by atoms with E-state index in [2.05, 4.69) is 5.32 Å². The first kappa shape index (κ1) is 15.2. The van der Waals surface area contributed by atoms with Gasteiger partial charge >= 0.3 is 6.09 Å². The zero-order valence-electron chi connectivity index (χ0n) is 10.8. The first-order valence-electron chi connectivity index (χ1n) is 5.66. The molecule has 0 aromatic rings. The number of carbonyl (C=O) groups is 1. The van der Waals surface area contributed by atoms with Crippen molar-refractivity contribution < 1.29 is 19.0 Å². The molecule has 0 saturated heterocycles. The minimum Gasteiger partial charge on any atom is -0.444 e. The van der Waals surface area contributed by atoms with E-state index in [1.54, 1.807) is 6.92 Å². The third-order valence-corrected chi connectivity index (χ3v) is 1.68. The van der Waals surface area contributed by atoms with Gasteiger partial charge in [0.2, 0.25) is 0 Å². The zero-order valence-corrected chi connectivity index (χ0v) is 10.8. The average Bonchev–Trinajstić information content (AvgIpc) is 2.13. The van der Waals surface area contributed by atoms with E-state index in [1.807, 2.05) is 27.7 Å². The van der Waals surface area contributed by atoms with Crippen molar-refractivity contribution in [2.75, 3.05) is 13.2 Å². The van der Waals surface area contributed by atoms with Crippen LogP contribution in [0.4, 0.5) is 4.79 Å². The zero-order chi connectivity index (χ0) is 12.6. The van der Waals surface area contributed by atoms with Gasteiger partial charge in [0.25, 0.3) is 0 Å². The molecule has 0 heterocycles. The van der Waals surface area contributed by atoms with Crippen LogP contribution in [-0.2, 0) is 14.2 Å². The predicted molar refractivity (Wildman–Crippen MR) is 61.3 cm³/mol. The van der Waals surface area contributed by atoms with Gasteiger partial charge in [-0.3, -0.25) is 0 Å². The minimum atomic E-state index is -0.421. The summed E-state index contributed by atoms with van der Waals surface area (Å²) in [5, 5.41) is 2.64. The van der Waals surface area contributed by atoms with Crippen molar-refractivity contribution in [1.29, 1.82) is 0 Å². The Hall–Kier alpha value is -0.810. The van der Waals surface area contributed by atoms with Gasteiger partial charge in [0, 0.05) is 12.6 Å². The molecule has 0 aromatic heterocycles. The molecule has 0 rings (SSSR count). The molecule has 96 valence electrons. The van der Waals surface area contributed by atoms with Crippen LogP contribution in [0, 0.1) is 0 Å². The molecule has 0 radical (unpaired) electrons. The number of carbonyl (C=O) groups excluding carboxylic acids is 1. The van der Waals surface area contributed by atoms with Gasteiger partial charge in [0.1, 0.15) is 6.10 Å². The Bertz CT molecular complexity index is 196. The number of amides is 1. The van der Waals surface area contributed by atoms with Gasteiger partial charge in [-0.1, -0.05) is 0 Å². The molecule has 0 saturated carbocycles. The Kier molecular flexibility index (Phi) is 7.93. The molecule has 0 aliphatic carbocycles. The first-order valence-corrected chi connectivity index (χ1v) is 5.66. The van der Waals surface area contributed by atoms with Crippen molar-refractivity contribution in [2.24, 2.45) is 0 Å². The van der Waals surface area contributed by atoms with Gasteiger partial charge in [-0.05, 0) is 34.6 Å². The number of ether oxygens (including phenoxy) is 3. The van der Waals surface area contributed by atoms with E-state index in [0.717, 1.165) is 0 Å². The maximum atomic E-state index is 11.2. The second-order valence-electron chi connectivity index (χ2n) is 3.87. The molecular weight excluding hydrogens is 210 g/mol. The molecular formula is C11H23NO4. The molecule has 0 bridgehead atoms. The number of hydrogen-bond acceptors (Lipinski definition) is 4. The maximum Gasteiger partial charge on any atom is 0.407 e. The van der Waals surface area contributed by atoms with Crippen molar-refractivity contribution in [2.45, 2.75) is 53.1 Å². The fourth-order valence-corrected chi connectivity index (χ4v) is 1.04. The highest BCUT2D eigenvalue weighted by molar-refractivity contribution is 5.67. The lowest BCUT2D eigenvalue weighted by molar-refractivity contribution is -0.142. The van der Waals surface area contributed by atoms with Gasteiger partial charge in [0.15, 0.2) is 6.29 Å². The monoisotopic (exact) mass is 233 g/mol. The Labute approximate surface area is 97.4 Å². The molecule has 0 fully saturated rings. The number of nitrogens with one attached hydrogen (secondary N) is 1. The number of hydrogen-bond donors (Lipinski definition) is 1. The Morgan fingerprint density at radius 3 is 2.31 bits per heavy atom. The van der Waals surface area contributed by atoms with Crippen LogP contribution in [0.25, 0.3) is 0 Å². The second kappa shape index (κ2) is 8.35. The van der Waals surface area contributed by atoms with Crippen LogP contribution in [0.5, 0.6) is 0 Å². The van der Waals surface area contributed by atoms with Gasteiger partial charge in [0.05, 0.1) is 6.61 Å². The SMILES string of the molecule is CCOC(C)OCC(C)OC(=O)NC(C)C. The number of alkyl carbamates (subject to hydrolysis) is 1. The molecule has 0 aliphatic rings. The first-order chi connectivity index (χ1) is 7.45. The molecule has 5 heteroatoms. The average molecular weight is 233 g/mol. The Morgan fingerprint density at radius 1 is 1.19 bits per heavy atom. The van der Waals surface area contributed by atoms with Gasteiger partial charge < -0.3 is 19.5 Å². The molecule has 1 N–H and O–H groups in total. The summed E-state index contributed by atoms with van der Waals surface area (Å²) in [5.74, 6) is 0. The lowest BCUT2D eigenvalue weighted by atomic mass is 10.4. The van der Waals surface area contributed by atoms with Crippen LogP contribution in [0.15, 0.2) is 0 Å². The molecule has 5 nitrogen and oxygen atoms in total. The normalized spacial score (nSPS) is 14.6. The van der Waals surface area contributed by atoms with E-state index >= 15 is 0 Å². The smallest absolute Gasteiger partial charge is 0.407 e. The highest BCUT2D eigenvalue weighted by atomic mass is 16.7. The van der Waals surface area contributed by atoms with E-state index < -0.39 is 6.09 Å². The Balaban J connectivity index is 3.65. The Morgan fingerprint density at radius 2 is 1.81 bits per heavy atom. The maximum absolute atomic E-state index is 11.2. The van der Waals surface area contributed by atoms with Crippen molar-refractivity contribution in [1.82, 2.24) is 5.32 Å². The van der Waals surface area contributed by atoms with Crippen molar-refractivity contribution in [3.63, 3.8) is 0 Å². The highest BCUT2D eigenvalue weighted by Gasteiger charge is 2.11. The third kappa shape index (κ3) is 8.49. The third-order valence-electron chi connectivity index (χ3n) is 1.68. The van der Waals surface area contributed by atoms with Gasteiger partial charge in [-0.2, -0.15) is 0 Å². The fourth-order valence-electron chi connectivity index (χ4n) is 1.04. The van der Waals surface area contributed by atoms with E-state index in [1.165, 1.54) is 0 Å². The van der Waals surface area contributed by atoms with Crippen LogP contribution in [0.1, 0.15) is 34.6 Å². The molecule has 16 heavy (non-hydrogen) atoms. The lowest BCUT2D eigenvalue weighted by Gasteiger charge is -2.18. The quantitative estimate of drug-likeness (QED) is 0.682. The van der Waals surface area contributed by atoms with Gasteiger partial charge in [-0.25, -0.2) is 4.79 Å². The van der Waals surface area contributed by atoms with Crippen molar-refractivity contribution in [3.8, 4) is 0 Å². The lowest BCUT2D eigenvalue weighted by Crippen LogP contribution is -2.34. The predicted octanol–water partition coefficient (Wildman–Crippen LogP) is 1.91. The van der Waals surface area contributed by atoms with Crippen LogP contribution in [0.3, 0.4) is 0 Å². The van der Waals surface area contributed by atoms with Crippen LogP contribution < -0.4 is 5.32 Å². The summed E-state index contributed by atoms with van der Waals surface area (Å²) in [4.78, 5) is 11.2. The summed E-state index contributed by atoms with van der Waals surface area (Å²) in [6, 6.07) is 0.0722. The van der Waals surface area contributed by atoms with Crippen molar-refractivity contribution in [3.05, 3.63) is 0 Å². The summed E-state index contributed by atoms with van der Waals surface area (Å²) in [6.45, 7) is 10.2. The highest BCUT2D eigenvalue weighted by Crippen LogP contribution is 1.98. The number of rotatable bonds is 7. The summed E-state index contributed by atoms with van der Waals surface area (Å²) >= 11 is 0. The van der Waals surface area contributed by atoms with Crippen LogP contribution >= 0.6 is 0 Å². The van der Waals surface area contributed by atoms with E-state index in [4.69, 9.17) is 14.2 Å². The molecule has 0 aliphatic heterocycles. The summed E-state index contributed by atoms with van der Waals surface area (Å²) in [7, 11) is 0. The molecule has 0 spiro atoms. The largest absolute Gasteiger partial charge is 0.444 e. The summed E-state index contributed by atoms with van der Waals surface area (Å²) in [6.07, 6.45) is -0.985. The summed E-state index contributed by atoms with van der Waals surface area (Å²) < 4.78 is 15.6. The van der Waals surface area contributed by atoms with Crippen molar-refractivity contribution >= 4 is 6.09 Å².